The van der Waals surface area contributed by atoms with E-state index < -0.39 is 10.0 Å². The van der Waals surface area contributed by atoms with Gasteiger partial charge in [-0.1, -0.05) is 28.1 Å². The van der Waals surface area contributed by atoms with Crippen molar-refractivity contribution in [1.29, 1.82) is 0 Å². The number of benzene rings is 2. The number of halogens is 1. The van der Waals surface area contributed by atoms with Crippen LogP contribution in [0.25, 0.3) is 0 Å². The Bertz CT molecular complexity index is 784. The number of hydrogen-bond donors (Lipinski definition) is 1. The zero-order valence-corrected chi connectivity index (χ0v) is 16.0. The van der Waals surface area contributed by atoms with Crippen LogP contribution in [0.15, 0.2) is 63.0 Å². The van der Waals surface area contributed by atoms with E-state index in [0.29, 0.717) is 0 Å². The third-order valence-corrected chi connectivity index (χ3v) is 5.30. The molecule has 0 atom stereocenters. The molecule has 0 spiro atoms. The SMILES string of the molecule is CCN(CC)c1ccc(C=NNS(=O)(=O)c2ccc(Br)cc2)cc1. The van der Waals surface area contributed by atoms with Crippen molar-refractivity contribution in [1.82, 2.24) is 4.83 Å². The molecule has 0 amide bonds. The monoisotopic (exact) mass is 409 g/mol. The Morgan fingerprint density at radius 1 is 1.04 bits per heavy atom. The van der Waals surface area contributed by atoms with Gasteiger partial charge in [0.1, 0.15) is 0 Å². The second-order valence-electron chi connectivity index (χ2n) is 5.07. The van der Waals surface area contributed by atoms with Crippen molar-refractivity contribution >= 4 is 37.9 Å². The number of hydrogen-bond acceptors (Lipinski definition) is 4. The molecule has 2 rings (SSSR count). The van der Waals surface area contributed by atoms with Crippen molar-refractivity contribution in [2.75, 3.05) is 18.0 Å². The van der Waals surface area contributed by atoms with Crippen LogP contribution in [-0.4, -0.2) is 27.7 Å². The largest absolute Gasteiger partial charge is 0.372 e. The molecule has 0 saturated heterocycles. The van der Waals surface area contributed by atoms with E-state index in [4.69, 9.17) is 0 Å². The minimum atomic E-state index is -3.65. The number of hydrazone groups is 1. The van der Waals surface area contributed by atoms with Gasteiger partial charge >= 0.3 is 0 Å². The molecule has 128 valence electrons. The molecule has 7 heteroatoms. The first-order valence-corrected chi connectivity index (χ1v) is 9.89. The zero-order valence-electron chi connectivity index (χ0n) is 13.6. The van der Waals surface area contributed by atoms with E-state index in [1.165, 1.54) is 18.3 Å². The first-order valence-electron chi connectivity index (χ1n) is 7.61. The van der Waals surface area contributed by atoms with Gasteiger partial charge in [-0.2, -0.15) is 13.5 Å². The summed E-state index contributed by atoms with van der Waals surface area (Å²) < 4.78 is 25.0. The van der Waals surface area contributed by atoms with Gasteiger partial charge < -0.3 is 4.90 Å². The molecule has 0 radical (unpaired) electrons. The highest BCUT2D eigenvalue weighted by Gasteiger charge is 2.11. The van der Waals surface area contributed by atoms with E-state index in [2.05, 4.69) is 44.6 Å². The second kappa shape index (κ2) is 8.30. The van der Waals surface area contributed by atoms with Gasteiger partial charge in [0.2, 0.25) is 0 Å². The molecule has 5 nitrogen and oxygen atoms in total. The fraction of sp³-hybridized carbons (Fsp3) is 0.235. The molecule has 0 unspecified atom stereocenters. The minimum Gasteiger partial charge on any atom is -0.372 e. The van der Waals surface area contributed by atoms with Crippen LogP contribution in [0.5, 0.6) is 0 Å². The zero-order chi connectivity index (χ0) is 17.6. The summed E-state index contributed by atoms with van der Waals surface area (Å²) in [7, 11) is -3.65. The van der Waals surface area contributed by atoms with Crippen LogP contribution in [0, 0.1) is 0 Å². The average Bonchev–Trinajstić information content (AvgIpc) is 2.57. The summed E-state index contributed by atoms with van der Waals surface area (Å²) in [5.41, 5.74) is 1.96. The predicted molar refractivity (Wildman–Crippen MR) is 102 cm³/mol. The highest BCUT2D eigenvalue weighted by molar-refractivity contribution is 9.10. The van der Waals surface area contributed by atoms with Gasteiger partial charge in [-0.3, -0.25) is 0 Å². The van der Waals surface area contributed by atoms with Crippen molar-refractivity contribution in [3.63, 3.8) is 0 Å². The molecule has 24 heavy (non-hydrogen) atoms. The number of anilines is 1. The Morgan fingerprint density at radius 3 is 2.17 bits per heavy atom. The molecular formula is C17H20BrN3O2S. The topological polar surface area (TPSA) is 61.8 Å². The standard InChI is InChI=1S/C17H20BrN3O2S/c1-3-21(4-2)16-9-5-14(6-10-16)13-19-20-24(22,23)17-11-7-15(18)8-12-17/h5-13,20H,3-4H2,1-2H3. The summed E-state index contributed by atoms with van der Waals surface area (Å²) in [4.78, 5) is 4.62. The third kappa shape index (κ3) is 4.82. The Balaban J connectivity index is 2.04. The summed E-state index contributed by atoms with van der Waals surface area (Å²) in [5.74, 6) is 0. The van der Waals surface area contributed by atoms with Crippen molar-refractivity contribution in [2.24, 2.45) is 5.10 Å². The predicted octanol–water partition coefficient (Wildman–Crippen LogP) is 3.61. The van der Waals surface area contributed by atoms with Gasteiger partial charge in [-0.05, 0) is 55.8 Å². The highest BCUT2D eigenvalue weighted by atomic mass is 79.9. The molecule has 1 N–H and O–H groups in total. The molecule has 2 aromatic rings. The Labute approximate surface area is 151 Å². The van der Waals surface area contributed by atoms with Gasteiger partial charge in [-0.25, -0.2) is 4.83 Å². The first-order chi connectivity index (χ1) is 11.5. The van der Waals surface area contributed by atoms with Crippen molar-refractivity contribution in [3.05, 3.63) is 58.6 Å². The molecule has 2 aromatic carbocycles. The molecule has 0 aliphatic rings. The lowest BCUT2D eigenvalue weighted by Gasteiger charge is -2.20. The third-order valence-electron chi connectivity index (χ3n) is 3.53. The maximum atomic E-state index is 12.1. The highest BCUT2D eigenvalue weighted by Crippen LogP contribution is 2.15. The molecule has 0 fully saturated rings. The van der Waals surface area contributed by atoms with Crippen LogP contribution in [0.4, 0.5) is 5.69 Å². The lowest BCUT2D eigenvalue weighted by Crippen LogP contribution is -2.21. The summed E-state index contributed by atoms with van der Waals surface area (Å²) in [6, 6.07) is 14.2. The van der Waals surface area contributed by atoms with Crippen molar-refractivity contribution in [2.45, 2.75) is 18.7 Å². The van der Waals surface area contributed by atoms with Gasteiger partial charge in [0, 0.05) is 23.2 Å². The van der Waals surface area contributed by atoms with Crippen molar-refractivity contribution in [3.8, 4) is 0 Å². The van der Waals surface area contributed by atoms with E-state index in [0.717, 1.165) is 28.8 Å². The fourth-order valence-electron chi connectivity index (χ4n) is 2.20. The maximum absolute atomic E-state index is 12.1. The maximum Gasteiger partial charge on any atom is 0.276 e. The Kier molecular flexibility index (Phi) is 6.39. The first kappa shape index (κ1) is 18.5. The van der Waals surface area contributed by atoms with E-state index >= 15 is 0 Å². The van der Waals surface area contributed by atoms with E-state index in [-0.39, 0.29) is 4.90 Å². The van der Waals surface area contributed by atoms with Crippen LogP contribution in [-0.2, 0) is 10.0 Å². The molecular weight excluding hydrogens is 390 g/mol. The quantitative estimate of drug-likeness (QED) is 0.561. The minimum absolute atomic E-state index is 0.166. The number of nitrogens with zero attached hydrogens (tertiary/aromatic N) is 2. The van der Waals surface area contributed by atoms with Gasteiger partial charge in [0.25, 0.3) is 10.0 Å². The molecule has 0 aromatic heterocycles. The Morgan fingerprint density at radius 2 is 1.62 bits per heavy atom. The van der Waals surface area contributed by atoms with Crippen molar-refractivity contribution < 1.29 is 8.42 Å². The number of nitrogens with one attached hydrogen (secondary N) is 1. The molecule has 0 aliphatic heterocycles. The second-order valence-corrected chi connectivity index (χ2v) is 7.65. The summed E-state index contributed by atoms with van der Waals surface area (Å²) in [6.45, 7) is 6.10. The van der Waals surface area contributed by atoms with Crippen LogP contribution < -0.4 is 9.73 Å². The van der Waals surface area contributed by atoms with Crippen LogP contribution in [0.3, 0.4) is 0 Å². The van der Waals surface area contributed by atoms with E-state index in [1.807, 2.05) is 24.3 Å². The molecule has 0 saturated carbocycles. The summed E-state index contributed by atoms with van der Waals surface area (Å²) in [5, 5.41) is 3.84. The van der Waals surface area contributed by atoms with Crippen LogP contribution in [0.1, 0.15) is 19.4 Å². The lowest BCUT2D eigenvalue weighted by molar-refractivity contribution is 0.584. The summed E-state index contributed by atoms with van der Waals surface area (Å²) >= 11 is 3.27. The average molecular weight is 410 g/mol. The number of rotatable bonds is 7. The summed E-state index contributed by atoms with van der Waals surface area (Å²) in [6.07, 6.45) is 1.49. The molecule has 0 aliphatic carbocycles. The molecule has 0 bridgehead atoms. The fourth-order valence-corrected chi connectivity index (χ4v) is 3.25. The number of sulfonamides is 1. The normalized spacial score (nSPS) is 11.6. The van der Waals surface area contributed by atoms with E-state index in [1.54, 1.807) is 12.1 Å². The Hall–Kier alpha value is -1.86. The van der Waals surface area contributed by atoms with Crippen LogP contribution in [0.2, 0.25) is 0 Å². The van der Waals surface area contributed by atoms with Gasteiger partial charge in [0.15, 0.2) is 0 Å². The van der Waals surface area contributed by atoms with Crippen LogP contribution >= 0.6 is 15.9 Å². The lowest BCUT2D eigenvalue weighted by atomic mass is 10.2. The molecule has 0 heterocycles. The van der Waals surface area contributed by atoms with Gasteiger partial charge in [-0.15, -0.1) is 0 Å². The van der Waals surface area contributed by atoms with E-state index in [9.17, 15) is 8.42 Å². The smallest absolute Gasteiger partial charge is 0.276 e. The van der Waals surface area contributed by atoms with Gasteiger partial charge in [0.05, 0.1) is 11.1 Å².